The first-order valence-electron chi connectivity index (χ1n) is 7.40. The van der Waals surface area contributed by atoms with Crippen molar-refractivity contribution in [2.75, 3.05) is 11.9 Å². The Balaban J connectivity index is 1.94. The summed E-state index contributed by atoms with van der Waals surface area (Å²) in [5, 5.41) is 2.80. The summed E-state index contributed by atoms with van der Waals surface area (Å²) in [5.41, 5.74) is 1.10. The number of carbonyl (C=O) groups is 2. The van der Waals surface area contributed by atoms with E-state index in [2.05, 4.69) is 51.0 Å². The lowest BCUT2D eigenvalue weighted by Crippen LogP contribution is -2.11. The highest BCUT2D eigenvalue weighted by Crippen LogP contribution is 2.32. The molecule has 0 radical (unpaired) electrons. The summed E-state index contributed by atoms with van der Waals surface area (Å²) in [4.78, 5) is 24.7. The molecule has 1 aromatic heterocycles. The Bertz CT molecular complexity index is 706. The zero-order valence-electron chi connectivity index (χ0n) is 13.3. The Morgan fingerprint density at radius 2 is 1.88 bits per heavy atom. The Morgan fingerprint density at radius 1 is 1.21 bits per heavy atom. The highest BCUT2D eigenvalue weighted by molar-refractivity contribution is 9.13. The summed E-state index contributed by atoms with van der Waals surface area (Å²) in [5.74, 6) is -0.0500. The lowest BCUT2D eigenvalue weighted by atomic mass is 10.1. The van der Waals surface area contributed by atoms with Crippen molar-refractivity contribution in [3.05, 3.63) is 49.0 Å². The van der Waals surface area contributed by atoms with Gasteiger partial charge in [-0.15, -0.1) is 11.3 Å². The van der Waals surface area contributed by atoms with Crippen molar-refractivity contribution in [2.45, 2.75) is 20.3 Å². The van der Waals surface area contributed by atoms with Crippen molar-refractivity contribution < 1.29 is 14.3 Å². The predicted molar refractivity (Wildman–Crippen MR) is 104 cm³/mol. The van der Waals surface area contributed by atoms with E-state index in [9.17, 15) is 9.59 Å². The van der Waals surface area contributed by atoms with Gasteiger partial charge >= 0.3 is 5.97 Å². The third kappa shape index (κ3) is 5.43. The third-order valence-electron chi connectivity index (χ3n) is 3.18. The molecule has 1 N–H and O–H groups in total. The van der Waals surface area contributed by atoms with Crippen LogP contribution in [0, 0.1) is 5.92 Å². The first-order chi connectivity index (χ1) is 11.4. The summed E-state index contributed by atoms with van der Waals surface area (Å²) < 4.78 is 6.92. The standard InChI is InChI=1S/C17H17Br2NO3S/c1-10(2)7-8-23-17(22)11-3-5-12(6-4-11)20-16(21)14-9-13(18)15(19)24-14/h3-6,9-10H,7-8H2,1-2H3,(H,20,21). The number of benzene rings is 1. The largest absolute Gasteiger partial charge is 0.462 e. The number of rotatable bonds is 6. The van der Waals surface area contributed by atoms with Gasteiger partial charge in [-0.25, -0.2) is 4.79 Å². The van der Waals surface area contributed by atoms with Gasteiger partial charge in [-0.1, -0.05) is 13.8 Å². The highest BCUT2D eigenvalue weighted by atomic mass is 79.9. The second kappa shape index (κ2) is 8.78. The lowest BCUT2D eigenvalue weighted by Gasteiger charge is -2.08. The van der Waals surface area contributed by atoms with Gasteiger partial charge in [0.05, 0.1) is 20.8 Å². The first-order valence-corrected chi connectivity index (χ1v) is 9.80. The van der Waals surface area contributed by atoms with Crippen LogP contribution in [0.5, 0.6) is 0 Å². The topological polar surface area (TPSA) is 55.4 Å². The van der Waals surface area contributed by atoms with Gasteiger partial charge in [0.1, 0.15) is 0 Å². The zero-order valence-corrected chi connectivity index (χ0v) is 17.3. The molecule has 0 bridgehead atoms. The van der Waals surface area contributed by atoms with E-state index >= 15 is 0 Å². The van der Waals surface area contributed by atoms with Crippen molar-refractivity contribution >= 4 is 60.8 Å². The van der Waals surface area contributed by atoms with Crippen LogP contribution >= 0.6 is 43.2 Å². The summed E-state index contributed by atoms with van der Waals surface area (Å²) in [6, 6.07) is 8.43. The van der Waals surface area contributed by atoms with E-state index < -0.39 is 0 Å². The molecule has 1 amide bonds. The maximum Gasteiger partial charge on any atom is 0.338 e. The van der Waals surface area contributed by atoms with E-state index in [0.29, 0.717) is 28.7 Å². The SMILES string of the molecule is CC(C)CCOC(=O)c1ccc(NC(=O)c2cc(Br)c(Br)s2)cc1. The van der Waals surface area contributed by atoms with Crippen LogP contribution in [-0.4, -0.2) is 18.5 Å². The average molecular weight is 475 g/mol. The van der Waals surface area contributed by atoms with Gasteiger partial charge in [0, 0.05) is 10.2 Å². The molecule has 24 heavy (non-hydrogen) atoms. The van der Waals surface area contributed by atoms with Crippen molar-refractivity contribution in [1.29, 1.82) is 0 Å². The maximum absolute atomic E-state index is 12.2. The Hall–Kier alpha value is -1.18. The van der Waals surface area contributed by atoms with Crippen LogP contribution in [0.4, 0.5) is 5.69 Å². The fourth-order valence-electron chi connectivity index (χ4n) is 1.81. The summed E-state index contributed by atoms with van der Waals surface area (Å²) in [6.45, 7) is 4.57. The molecule has 0 saturated heterocycles. The molecular weight excluding hydrogens is 458 g/mol. The summed E-state index contributed by atoms with van der Waals surface area (Å²) in [6.07, 6.45) is 0.839. The monoisotopic (exact) mass is 473 g/mol. The number of halogens is 2. The molecule has 1 aromatic carbocycles. The molecule has 2 aromatic rings. The minimum Gasteiger partial charge on any atom is -0.462 e. The van der Waals surface area contributed by atoms with E-state index in [1.54, 1.807) is 30.3 Å². The quantitative estimate of drug-likeness (QED) is 0.544. The molecule has 0 fully saturated rings. The number of hydrogen-bond acceptors (Lipinski definition) is 4. The third-order valence-corrected chi connectivity index (χ3v) is 6.43. The fourth-order valence-corrected chi connectivity index (χ4v) is 3.74. The van der Waals surface area contributed by atoms with Crippen molar-refractivity contribution in [3.63, 3.8) is 0 Å². The maximum atomic E-state index is 12.2. The molecule has 7 heteroatoms. The highest BCUT2D eigenvalue weighted by Gasteiger charge is 2.13. The first kappa shape index (κ1) is 19.1. The number of thiophene rings is 1. The van der Waals surface area contributed by atoms with Gasteiger partial charge in [-0.05, 0) is 74.5 Å². The van der Waals surface area contributed by atoms with E-state index in [1.807, 2.05) is 0 Å². The Kier molecular flexibility index (Phi) is 7.01. The van der Waals surface area contributed by atoms with E-state index in [1.165, 1.54) is 11.3 Å². The molecule has 0 spiro atoms. The molecule has 1 heterocycles. The van der Waals surface area contributed by atoms with Crippen molar-refractivity contribution in [3.8, 4) is 0 Å². The number of anilines is 1. The van der Waals surface area contributed by atoms with Crippen molar-refractivity contribution in [2.24, 2.45) is 5.92 Å². The average Bonchev–Trinajstić information content (AvgIpc) is 2.87. The molecular formula is C17H17Br2NO3S. The molecule has 0 saturated carbocycles. The van der Waals surface area contributed by atoms with Crippen LogP contribution in [0.25, 0.3) is 0 Å². The number of amides is 1. The molecule has 0 unspecified atom stereocenters. The van der Waals surface area contributed by atoms with Crippen LogP contribution in [0.2, 0.25) is 0 Å². The Labute approximate surface area is 161 Å². The van der Waals surface area contributed by atoms with Crippen LogP contribution < -0.4 is 5.32 Å². The van der Waals surface area contributed by atoms with Gasteiger partial charge in [-0.3, -0.25) is 4.79 Å². The van der Waals surface area contributed by atoms with E-state index in [0.717, 1.165) is 14.7 Å². The molecule has 0 atom stereocenters. The zero-order chi connectivity index (χ0) is 17.7. The molecule has 0 aliphatic heterocycles. The Morgan fingerprint density at radius 3 is 2.42 bits per heavy atom. The van der Waals surface area contributed by atoms with Crippen LogP contribution in [0.15, 0.2) is 38.6 Å². The number of nitrogens with one attached hydrogen (secondary N) is 1. The molecule has 4 nitrogen and oxygen atoms in total. The molecule has 2 rings (SSSR count). The number of hydrogen-bond donors (Lipinski definition) is 1. The summed E-state index contributed by atoms with van der Waals surface area (Å²) >= 11 is 8.07. The smallest absolute Gasteiger partial charge is 0.338 e. The summed E-state index contributed by atoms with van der Waals surface area (Å²) in [7, 11) is 0. The van der Waals surface area contributed by atoms with Crippen molar-refractivity contribution in [1.82, 2.24) is 0 Å². The fraction of sp³-hybridized carbons (Fsp3) is 0.294. The molecule has 0 aliphatic rings. The second-order valence-corrected chi connectivity index (χ2v) is 8.81. The van der Waals surface area contributed by atoms with Gasteiger partial charge in [0.2, 0.25) is 0 Å². The van der Waals surface area contributed by atoms with Gasteiger partial charge in [0.25, 0.3) is 5.91 Å². The second-order valence-electron chi connectivity index (χ2n) is 5.58. The number of carbonyl (C=O) groups excluding carboxylic acids is 2. The van der Waals surface area contributed by atoms with Crippen LogP contribution in [0.3, 0.4) is 0 Å². The predicted octanol–water partition coefficient (Wildman–Crippen LogP) is 5.73. The molecule has 0 aliphatic carbocycles. The number of ether oxygens (including phenoxy) is 1. The lowest BCUT2D eigenvalue weighted by molar-refractivity contribution is 0.0488. The van der Waals surface area contributed by atoms with Crippen LogP contribution in [-0.2, 0) is 4.74 Å². The van der Waals surface area contributed by atoms with Gasteiger partial charge in [0.15, 0.2) is 0 Å². The van der Waals surface area contributed by atoms with E-state index in [4.69, 9.17) is 4.74 Å². The van der Waals surface area contributed by atoms with E-state index in [-0.39, 0.29) is 11.9 Å². The minimum absolute atomic E-state index is 0.196. The minimum atomic E-state index is -0.348. The van der Waals surface area contributed by atoms with Gasteiger partial charge in [-0.2, -0.15) is 0 Å². The number of esters is 1. The van der Waals surface area contributed by atoms with Gasteiger partial charge < -0.3 is 10.1 Å². The molecule has 128 valence electrons. The van der Waals surface area contributed by atoms with Crippen LogP contribution in [0.1, 0.15) is 40.3 Å². The normalized spacial score (nSPS) is 10.7.